The molecule has 0 aromatic carbocycles. The zero-order chi connectivity index (χ0) is 13.1. The maximum absolute atomic E-state index is 10.8. The summed E-state index contributed by atoms with van der Waals surface area (Å²) in [5, 5.41) is 12.5. The molecule has 19 heavy (non-hydrogen) atoms. The normalized spacial score (nSPS) is 40.2. The van der Waals surface area contributed by atoms with Gasteiger partial charge in [0.1, 0.15) is 5.76 Å². The summed E-state index contributed by atoms with van der Waals surface area (Å²) in [6, 6.07) is 4.05. The summed E-state index contributed by atoms with van der Waals surface area (Å²) in [6.45, 7) is 2.06. The first-order valence-electron chi connectivity index (χ1n) is 7.24. The molecule has 3 aliphatic carbocycles. The molecule has 1 aromatic rings. The number of rotatable bonds is 4. The van der Waals surface area contributed by atoms with Crippen LogP contribution in [0.2, 0.25) is 0 Å². The van der Waals surface area contributed by atoms with Gasteiger partial charge in [-0.3, -0.25) is 0 Å². The van der Waals surface area contributed by atoms with E-state index in [1.165, 1.54) is 25.3 Å². The Kier molecular flexibility index (Phi) is 2.34. The minimum Gasteiger partial charge on any atom is -0.475 e. The Balaban J connectivity index is 1.42. The average Bonchev–Trinajstić information content (AvgIpc) is 2.87. The lowest BCUT2D eigenvalue weighted by atomic mass is 10.0. The number of fused-ring (bicyclic) bond motifs is 5. The summed E-state index contributed by atoms with van der Waals surface area (Å²) in [5.74, 6) is 3.43. The van der Waals surface area contributed by atoms with Gasteiger partial charge in [-0.2, -0.15) is 0 Å². The van der Waals surface area contributed by atoms with Crippen LogP contribution in [0.4, 0.5) is 0 Å². The van der Waals surface area contributed by atoms with E-state index in [4.69, 9.17) is 9.52 Å². The summed E-state index contributed by atoms with van der Waals surface area (Å²) in [6.07, 6.45) is 4.29. The first-order chi connectivity index (χ1) is 9.15. The third kappa shape index (κ3) is 1.66. The topological polar surface area (TPSA) is 62.5 Å². The Labute approximate surface area is 112 Å². The highest BCUT2D eigenvalue weighted by Crippen LogP contribution is 2.65. The quantitative estimate of drug-likeness (QED) is 0.874. The summed E-state index contributed by atoms with van der Waals surface area (Å²) in [5.41, 5.74) is 0. The number of hydrogen-bond donors (Lipinski definition) is 2. The molecule has 5 unspecified atom stereocenters. The molecule has 0 radical (unpaired) electrons. The molecule has 3 fully saturated rings. The zero-order valence-electron chi connectivity index (χ0n) is 11.0. The molecule has 5 atom stereocenters. The van der Waals surface area contributed by atoms with Crippen molar-refractivity contribution in [3.05, 3.63) is 23.7 Å². The van der Waals surface area contributed by atoms with Crippen molar-refractivity contribution in [1.29, 1.82) is 0 Å². The highest BCUT2D eigenvalue weighted by Gasteiger charge is 2.64. The second-order valence-corrected chi connectivity index (χ2v) is 6.41. The van der Waals surface area contributed by atoms with E-state index in [9.17, 15) is 4.79 Å². The van der Waals surface area contributed by atoms with Crippen LogP contribution in [0.3, 0.4) is 0 Å². The maximum Gasteiger partial charge on any atom is 0.371 e. The van der Waals surface area contributed by atoms with E-state index in [1.54, 1.807) is 6.07 Å². The molecule has 4 nitrogen and oxygen atoms in total. The number of carbonyl (C=O) groups is 1. The molecule has 102 valence electrons. The Morgan fingerprint density at radius 1 is 1.37 bits per heavy atom. The van der Waals surface area contributed by atoms with E-state index >= 15 is 0 Å². The van der Waals surface area contributed by atoms with Crippen molar-refractivity contribution >= 4 is 5.97 Å². The van der Waals surface area contributed by atoms with E-state index in [0.29, 0.717) is 6.04 Å². The maximum atomic E-state index is 10.8. The largest absolute Gasteiger partial charge is 0.475 e. The van der Waals surface area contributed by atoms with E-state index in [0.717, 1.165) is 29.4 Å². The number of furan rings is 1. The predicted molar refractivity (Wildman–Crippen MR) is 68.8 cm³/mol. The Morgan fingerprint density at radius 3 is 2.63 bits per heavy atom. The van der Waals surface area contributed by atoms with Crippen LogP contribution in [0.1, 0.15) is 48.5 Å². The van der Waals surface area contributed by atoms with Gasteiger partial charge in [-0.1, -0.05) is 0 Å². The van der Waals surface area contributed by atoms with Crippen molar-refractivity contribution in [2.45, 2.75) is 38.3 Å². The van der Waals surface area contributed by atoms with Crippen molar-refractivity contribution in [1.82, 2.24) is 5.32 Å². The fraction of sp³-hybridized carbons (Fsp3) is 0.667. The van der Waals surface area contributed by atoms with Crippen molar-refractivity contribution in [3.8, 4) is 0 Å². The average molecular weight is 261 g/mol. The molecule has 0 aliphatic heterocycles. The second-order valence-electron chi connectivity index (χ2n) is 6.41. The molecular formula is C15H19NO3. The van der Waals surface area contributed by atoms with Crippen LogP contribution < -0.4 is 5.32 Å². The number of carboxylic acids is 1. The third-order valence-corrected chi connectivity index (χ3v) is 5.44. The summed E-state index contributed by atoms with van der Waals surface area (Å²) >= 11 is 0. The number of carboxylic acid groups (broad SMARTS) is 1. The summed E-state index contributed by atoms with van der Waals surface area (Å²) < 4.78 is 5.36. The van der Waals surface area contributed by atoms with Crippen LogP contribution in [-0.4, -0.2) is 17.1 Å². The zero-order valence-corrected chi connectivity index (χ0v) is 11.0. The van der Waals surface area contributed by atoms with Gasteiger partial charge in [0.05, 0.1) is 6.04 Å². The molecule has 2 bridgehead atoms. The molecule has 4 heteroatoms. The van der Waals surface area contributed by atoms with Gasteiger partial charge >= 0.3 is 5.97 Å². The van der Waals surface area contributed by atoms with Crippen molar-refractivity contribution < 1.29 is 14.3 Å². The van der Waals surface area contributed by atoms with E-state index in [2.05, 4.69) is 12.2 Å². The SMILES string of the molecule is CC(NC1C2C3CCC(C3)C12)c1ccc(C(=O)O)o1. The molecule has 3 aliphatic rings. The molecule has 2 N–H and O–H groups in total. The predicted octanol–water partition coefficient (Wildman–Crippen LogP) is 2.67. The van der Waals surface area contributed by atoms with Gasteiger partial charge in [0, 0.05) is 6.04 Å². The number of hydrogen-bond acceptors (Lipinski definition) is 3. The molecule has 3 saturated carbocycles. The monoisotopic (exact) mass is 261 g/mol. The van der Waals surface area contributed by atoms with Gasteiger partial charge in [0.25, 0.3) is 0 Å². The molecule has 4 rings (SSSR count). The Morgan fingerprint density at radius 2 is 2.05 bits per heavy atom. The fourth-order valence-corrected chi connectivity index (χ4v) is 4.62. The Bertz CT molecular complexity index is 507. The minimum absolute atomic E-state index is 0.0275. The molecule has 0 amide bonds. The minimum atomic E-state index is -1.00. The van der Waals surface area contributed by atoms with Crippen molar-refractivity contribution in [3.63, 3.8) is 0 Å². The van der Waals surface area contributed by atoms with Gasteiger partial charge < -0.3 is 14.8 Å². The highest BCUT2D eigenvalue weighted by molar-refractivity contribution is 5.84. The molecule has 0 saturated heterocycles. The van der Waals surface area contributed by atoms with Crippen LogP contribution in [0.15, 0.2) is 16.5 Å². The lowest BCUT2D eigenvalue weighted by Gasteiger charge is -2.15. The fourth-order valence-electron chi connectivity index (χ4n) is 4.62. The summed E-state index contributed by atoms with van der Waals surface area (Å²) in [7, 11) is 0. The van der Waals surface area contributed by atoms with Gasteiger partial charge in [0.15, 0.2) is 0 Å². The lowest BCUT2D eigenvalue weighted by Crippen LogP contribution is -2.25. The first kappa shape index (κ1) is 11.5. The molecule has 0 spiro atoms. The van der Waals surface area contributed by atoms with E-state index < -0.39 is 5.97 Å². The van der Waals surface area contributed by atoms with E-state index in [-0.39, 0.29) is 11.8 Å². The van der Waals surface area contributed by atoms with Gasteiger partial charge in [-0.05, 0) is 62.0 Å². The first-order valence-corrected chi connectivity index (χ1v) is 7.24. The molecule has 1 aromatic heterocycles. The standard InChI is InChI=1S/C15H19NO3/c1-7(10-4-5-11(19-10)15(17)18)16-14-12-8-2-3-9(6-8)13(12)14/h4-5,7-9,12-14,16H,2-3,6H2,1H3,(H,17,18). The van der Waals surface area contributed by atoms with Crippen LogP contribution >= 0.6 is 0 Å². The smallest absolute Gasteiger partial charge is 0.371 e. The van der Waals surface area contributed by atoms with Gasteiger partial charge in [-0.25, -0.2) is 4.79 Å². The summed E-state index contributed by atoms with van der Waals surface area (Å²) in [4.78, 5) is 10.8. The van der Waals surface area contributed by atoms with Crippen LogP contribution in [-0.2, 0) is 0 Å². The van der Waals surface area contributed by atoms with Crippen LogP contribution in [0.5, 0.6) is 0 Å². The van der Waals surface area contributed by atoms with Crippen LogP contribution in [0, 0.1) is 23.7 Å². The molecule has 1 heterocycles. The van der Waals surface area contributed by atoms with Gasteiger partial charge in [0.2, 0.25) is 5.76 Å². The van der Waals surface area contributed by atoms with Crippen LogP contribution in [0.25, 0.3) is 0 Å². The van der Waals surface area contributed by atoms with Crippen molar-refractivity contribution in [2.75, 3.05) is 0 Å². The lowest BCUT2D eigenvalue weighted by molar-refractivity contribution is 0.0659. The van der Waals surface area contributed by atoms with Gasteiger partial charge in [-0.15, -0.1) is 0 Å². The second kappa shape index (κ2) is 3.85. The number of aromatic carboxylic acids is 1. The van der Waals surface area contributed by atoms with E-state index in [1.807, 2.05) is 0 Å². The molecular weight excluding hydrogens is 242 g/mol. The van der Waals surface area contributed by atoms with Crippen molar-refractivity contribution in [2.24, 2.45) is 23.7 Å². The highest BCUT2D eigenvalue weighted by atomic mass is 16.4. The number of nitrogens with one attached hydrogen (secondary N) is 1. The third-order valence-electron chi connectivity index (χ3n) is 5.44. The Hall–Kier alpha value is -1.29.